The van der Waals surface area contributed by atoms with E-state index in [9.17, 15) is 5.11 Å². The lowest BCUT2D eigenvalue weighted by atomic mass is 9.99. The number of piperazine rings is 1. The summed E-state index contributed by atoms with van der Waals surface area (Å²) in [5, 5.41) is 9.84. The number of unbranched alkanes of at least 4 members (excludes halogenated alkanes) is 1. The largest absolute Gasteiger partial charge is 0.389 e. The fourth-order valence-electron chi connectivity index (χ4n) is 2.80. The first-order chi connectivity index (χ1) is 9.09. The predicted octanol–water partition coefficient (Wildman–Crippen LogP) is 0.894. The SMILES string of the molecule is CC(O)(CN)CCCCN1CCN(CC2CC2)CC1. The van der Waals surface area contributed by atoms with Gasteiger partial charge in [-0.3, -0.25) is 0 Å². The van der Waals surface area contributed by atoms with E-state index in [0.29, 0.717) is 6.54 Å². The first-order valence-corrected chi connectivity index (χ1v) is 7.96. The molecule has 0 radical (unpaired) electrons. The highest BCUT2D eigenvalue weighted by Crippen LogP contribution is 2.29. The molecular weight excluding hydrogens is 238 g/mol. The summed E-state index contributed by atoms with van der Waals surface area (Å²) in [6.07, 6.45) is 6.00. The maximum atomic E-state index is 9.84. The molecule has 1 atom stereocenters. The molecule has 0 spiro atoms. The van der Waals surface area contributed by atoms with Crippen LogP contribution in [-0.4, -0.2) is 66.3 Å². The highest BCUT2D eigenvalue weighted by atomic mass is 16.3. The van der Waals surface area contributed by atoms with Crippen LogP contribution in [0.2, 0.25) is 0 Å². The molecule has 4 nitrogen and oxygen atoms in total. The number of hydrogen-bond donors (Lipinski definition) is 2. The van der Waals surface area contributed by atoms with Gasteiger partial charge in [-0.15, -0.1) is 0 Å². The zero-order valence-electron chi connectivity index (χ0n) is 12.5. The van der Waals surface area contributed by atoms with E-state index in [4.69, 9.17) is 5.73 Å². The first kappa shape index (κ1) is 15.2. The van der Waals surface area contributed by atoms with Gasteiger partial charge in [0.15, 0.2) is 0 Å². The van der Waals surface area contributed by atoms with Gasteiger partial charge in [0.05, 0.1) is 5.60 Å². The van der Waals surface area contributed by atoms with Crippen LogP contribution in [0.25, 0.3) is 0 Å². The minimum Gasteiger partial charge on any atom is -0.389 e. The van der Waals surface area contributed by atoms with Crippen molar-refractivity contribution in [1.29, 1.82) is 0 Å². The maximum absolute atomic E-state index is 9.84. The van der Waals surface area contributed by atoms with Crippen molar-refractivity contribution in [3.8, 4) is 0 Å². The molecule has 1 unspecified atom stereocenters. The van der Waals surface area contributed by atoms with Crippen LogP contribution in [0.3, 0.4) is 0 Å². The lowest BCUT2D eigenvalue weighted by molar-refractivity contribution is 0.0553. The maximum Gasteiger partial charge on any atom is 0.0741 e. The highest BCUT2D eigenvalue weighted by molar-refractivity contribution is 4.80. The Labute approximate surface area is 117 Å². The Hall–Kier alpha value is -0.160. The van der Waals surface area contributed by atoms with Gasteiger partial charge < -0.3 is 20.6 Å². The second-order valence-corrected chi connectivity index (χ2v) is 6.74. The number of hydrogen-bond acceptors (Lipinski definition) is 4. The van der Waals surface area contributed by atoms with Crippen molar-refractivity contribution in [2.75, 3.05) is 45.8 Å². The standard InChI is InChI=1S/C15H31N3O/c1-15(19,13-16)6-2-3-7-17-8-10-18(11-9-17)12-14-4-5-14/h14,19H,2-13,16H2,1H3. The van der Waals surface area contributed by atoms with E-state index in [-0.39, 0.29) is 0 Å². The molecule has 2 aliphatic rings. The molecule has 0 bridgehead atoms. The summed E-state index contributed by atoms with van der Waals surface area (Å²) in [5.41, 5.74) is 4.86. The summed E-state index contributed by atoms with van der Waals surface area (Å²) in [4.78, 5) is 5.20. The number of nitrogens with two attached hydrogens (primary N) is 1. The van der Waals surface area contributed by atoms with Crippen LogP contribution in [0.1, 0.15) is 39.0 Å². The molecule has 0 aromatic heterocycles. The summed E-state index contributed by atoms with van der Waals surface area (Å²) >= 11 is 0. The van der Waals surface area contributed by atoms with Crippen molar-refractivity contribution in [2.45, 2.75) is 44.6 Å². The second-order valence-electron chi connectivity index (χ2n) is 6.74. The van der Waals surface area contributed by atoms with E-state index in [1.54, 1.807) is 0 Å². The molecule has 1 saturated carbocycles. The Morgan fingerprint density at radius 2 is 1.74 bits per heavy atom. The van der Waals surface area contributed by atoms with Gasteiger partial charge in [0.2, 0.25) is 0 Å². The minimum atomic E-state index is -0.664. The zero-order valence-corrected chi connectivity index (χ0v) is 12.5. The van der Waals surface area contributed by atoms with E-state index in [2.05, 4.69) is 9.80 Å². The van der Waals surface area contributed by atoms with Gasteiger partial charge in [-0.1, -0.05) is 0 Å². The summed E-state index contributed by atoms with van der Waals surface area (Å²) < 4.78 is 0. The summed E-state index contributed by atoms with van der Waals surface area (Å²) in [6, 6.07) is 0. The van der Waals surface area contributed by atoms with Gasteiger partial charge in [0.25, 0.3) is 0 Å². The fourth-order valence-corrected chi connectivity index (χ4v) is 2.80. The van der Waals surface area contributed by atoms with Crippen molar-refractivity contribution in [1.82, 2.24) is 9.80 Å². The molecule has 0 aromatic rings. The Morgan fingerprint density at radius 1 is 1.11 bits per heavy atom. The molecule has 112 valence electrons. The van der Waals surface area contributed by atoms with Gasteiger partial charge in [-0.25, -0.2) is 0 Å². The van der Waals surface area contributed by atoms with Crippen molar-refractivity contribution < 1.29 is 5.11 Å². The third-order valence-corrected chi connectivity index (χ3v) is 4.56. The number of rotatable bonds is 8. The predicted molar refractivity (Wildman–Crippen MR) is 79.1 cm³/mol. The van der Waals surface area contributed by atoms with Gasteiger partial charge in [-0.05, 0) is 51.5 Å². The van der Waals surface area contributed by atoms with E-state index >= 15 is 0 Å². The van der Waals surface area contributed by atoms with E-state index in [1.807, 2.05) is 6.92 Å². The summed E-state index contributed by atoms with van der Waals surface area (Å²) in [7, 11) is 0. The van der Waals surface area contributed by atoms with Crippen LogP contribution in [0.15, 0.2) is 0 Å². The van der Waals surface area contributed by atoms with Crippen LogP contribution in [0, 0.1) is 5.92 Å². The molecule has 0 amide bonds. The van der Waals surface area contributed by atoms with Gasteiger partial charge in [-0.2, -0.15) is 0 Å². The van der Waals surface area contributed by atoms with Crippen LogP contribution in [0.4, 0.5) is 0 Å². The highest BCUT2D eigenvalue weighted by Gasteiger charge is 2.26. The molecule has 2 fully saturated rings. The van der Waals surface area contributed by atoms with E-state index in [1.165, 1.54) is 58.5 Å². The van der Waals surface area contributed by atoms with Crippen molar-refractivity contribution >= 4 is 0 Å². The van der Waals surface area contributed by atoms with Crippen LogP contribution >= 0.6 is 0 Å². The van der Waals surface area contributed by atoms with Crippen LogP contribution in [0.5, 0.6) is 0 Å². The zero-order chi connectivity index (χ0) is 13.7. The van der Waals surface area contributed by atoms with Crippen LogP contribution in [-0.2, 0) is 0 Å². The minimum absolute atomic E-state index is 0.368. The lowest BCUT2D eigenvalue weighted by Crippen LogP contribution is -2.47. The summed E-state index contributed by atoms with van der Waals surface area (Å²) in [5.74, 6) is 1.02. The third kappa shape index (κ3) is 5.78. The molecule has 2 rings (SSSR count). The first-order valence-electron chi connectivity index (χ1n) is 7.96. The van der Waals surface area contributed by atoms with Gasteiger partial charge in [0.1, 0.15) is 0 Å². The van der Waals surface area contributed by atoms with Gasteiger partial charge >= 0.3 is 0 Å². The van der Waals surface area contributed by atoms with E-state index in [0.717, 1.165) is 18.8 Å². The van der Waals surface area contributed by atoms with Crippen molar-refractivity contribution in [3.05, 3.63) is 0 Å². The Kier molecular flexibility index (Phi) is 5.63. The smallest absolute Gasteiger partial charge is 0.0741 e. The Balaban J connectivity index is 1.50. The van der Waals surface area contributed by atoms with Gasteiger partial charge in [0, 0.05) is 39.3 Å². The van der Waals surface area contributed by atoms with E-state index < -0.39 is 5.60 Å². The average molecular weight is 269 g/mol. The Bertz CT molecular complexity index is 258. The quantitative estimate of drug-likeness (QED) is 0.643. The molecule has 3 N–H and O–H groups in total. The Morgan fingerprint density at radius 3 is 2.32 bits per heavy atom. The molecular formula is C15H31N3O. The average Bonchev–Trinajstić information content (AvgIpc) is 3.21. The number of aliphatic hydroxyl groups is 1. The molecule has 1 heterocycles. The monoisotopic (exact) mass is 269 g/mol. The molecule has 1 aliphatic carbocycles. The molecule has 0 aromatic carbocycles. The topological polar surface area (TPSA) is 52.7 Å². The second kappa shape index (κ2) is 7.02. The molecule has 4 heteroatoms. The molecule has 19 heavy (non-hydrogen) atoms. The third-order valence-electron chi connectivity index (χ3n) is 4.56. The lowest BCUT2D eigenvalue weighted by Gasteiger charge is -2.34. The van der Waals surface area contributed by atoms with Crippen molar-refractivity contribution in [3.63, 3.8) is 0 Å². The fraction of sp³-hybridized carbons (Fsp3) is 1.00. The molecule has 1 aliphatic heterocycles. The van der Waals surface area contributed by atoms with Crippen molar-refractivity contribution in [2.24, 2.45) is 11.7 Å². The normalized spacial score (nSPS) is 25.4. The molecule has 1 saturated heterocycles. The number of nitrogens with zero attached hydrogens (tertiary/aromatic N) is 2. The van der Waals surface area contributed by atoms with Crippen LogP contribution < -0.4 is 5.73 Å². The summed E-state index contributed by atoms with van der Waals surface area (Å²) in [6.45, 7) is 9.66.